The summed E-state index contributed by atoms with van der Waals surface area (Å²) in [5.74, 6) is 0.487. The van der Waals surface area contributed by atoms with E-state index in [2.05, 4.69) is 19.2 Å². The molecule has 0 radical (unpaired) electrons. The Morgan fingerprint density at radius 1 is 1.33 bits per heavy atom. The van der Waals surface area contributed by atoms with E-state index >= 15 is 0 Å². The van der Waals surface area contributed by atoms with Gasteiger partial charge in [0.2, 0.25) is 0 Å². The van der Waals surface area contributed by atoms with E-state index in [0.717, 1.165) is 6.54 Å². The summed E-state index contributed by atoms with van der Waals surface area (Å²) in [5, 5.41) is 13.7. The van der Waals surface area contributed by atoms with Crippen LogP contribution in [0.2, 0.25) is 0 Å². The van der Waals surface area contributed by atoms with Crippen LogP contribution in [0.15, 0.2) is 0 Å². The molecule has 2 N–H and O–H groups in total. The molecule has 0 amide bonds. The van der Waals surface area contributed by atoms with Crippen LogP contribution >= 0.6 is 0 Å². The van der Waals surface area contributed by atoms with Crippen LogP contribution in [-0.2, 0) is 0 Å². The Kier molecular flexibility index (Phi) is 1.59. The lowest BCUT2D eigenvalue weighted by molar-refractivity contribution is -0.222. The molecule has 1 heterocycles. The largest absolute Gasteiger partial charge is 0.389 e. The molecule has 2 aliphatic rings. The van der Waals surface area contributed by atoms with Gasteiger partial charge in [-0.15, -0.1) is 0 Å². The van der Waals surface area contributed by atoms with Gasteiger partial charge in [0.1, 0.15) is 0 Å². The van der Waals surface area contributed by atoms with Crippen molar-refractivity contribution in [1.82, 2.24) is 5.32 Å². The number of rotatable bonds is 0. The second-order valence-electron chi connectivity index (χ2n) is 5.05. The molecule has 12 heavy (non-hydrogen) atoms. The Labute approximate surface area is 74.4 Å². The van der Waals surface area contributed by atoms with Crippen molar-refractivity contribution < 1.29 is 5.11 Å². The van der Waals surface area contributed by atoms with E-state index < -0.39 is 5.60 Å². The predicted molar refractivity (Wildman–Crippen MR) is 48.9 cm³/mol. The fourth-order valence-electron chi connectivity index (χ4n) is 2.95. The van der Waals surface area contributed by atoms with E-state index in [4.69, 9.17) is 0 Å². The molecule has 1 saturated carbocycles. The van der Waals surface area contributed by atoms with Gasteiger partial charge in [-0.2, -0.15) is 0 Å². The molecule has 2 heteroatoms. The standard InChI is InChI=1S/C10H19NO/c1-9(2)8-7(10(9,3)12)5-4-6-11-8/h7-8,11-12H,4-6H2,1-3H3. The third-order valence-corrected chi connectivity index (χ3v) is 4.26. The summed E-state index contributed by atoms with van der Waals surface area (Å²) in [5.41, 5.74) is -0.400. The molecule has 0 aromatic carbocycles. The summed E-state index contributed by atoms with van der Waals surface area (Å²) in [6, 6.07) is 0.543. The fourth-order valence-corrected chi connectivity index (χ4v) is 2.95. The summed E-state index contributed by atoms with van der Waals surface area (Å²) < 4.78 is 0. The zero-order valence-electron chi connectivity index (χ0n) is 8.22. The molecular weight excluding hydrogens is 150 g/mol. The van der Waals surface area contributed by atoms with Crippen molar-refractivity contribution in [2.24, 2.45) is 11.3 Å². The molecule has 0 bridgehead atoms. The summed E-state index contributed by atoms with van der Waals surface area (Å²) in [7, 11) is 0. The SMILES string of the molecule is CC1(C)C2NCCCC2C1(C)O. The zero-order valence-corrected chi connectivity index (χ0v) is 8.22. The number of fused-ring (bicyclic) bond motifs is 1. The van der Waals surface area contributed by atoms with Gasteiger partial charge in [0.05, 0.1) is 5.60 Å². The van der Waals surface area contributed by atoms with E-state index in [1.54, 1.807) is 0 Å². The zero-order chi connectivity index (χ0) is 8.98. The number of nitrogens with one attached hydrogen (secondary N) is 1. The molecule has 70 valence electrons. The molecule has 0 aromatic heterocycles. The van der Waals surface area contributed by atoms with Crippen molar-refractivity contribution in [2.75, 3.05) is 6.54 Å². The van der Waals surface area contributed by atoms with Crippen molar-refractivity contribution in [3.8, 4) is 0 Å². The van der Waals surface area contributed by atoms with Crippen LogP contribution in [0.3, 0.4) is 0 Å². The van der Waals surface area contributed by atoms with Crippen LogP contribution in [0.25, 0.3) is 0 Å². The molecular formula is C10H19NO. The van der Waals surface area contributed by atoms with Gasteiger partial charge in [0.25, 0.3) is 0 Å². The average molecular weight is 169 g/mol. The monoisotopic (exact) mass is 169 g/mol. The molecule has 2 nitrogen and oxygen atoms in total. The first-order valence-electron chi connectivity index (χ1n) is 4.93. The topological polar surface area (TPSA) is 32.3 Å². The van der Waals surface area contributed by atoms with Crippen LogP contribution in [-0.4, -0.2) is 23.3 Å². The van der Waals surface area contributed by atoms with Crippen molar-refractivity contribution in [3.63, 3.8) is 0 Å². The quantitative estimate of drug-likeness (QED) is 0.570. The lowest BCUT2D eigenvalue weighted by Gasteiger charge is -2.65. The predicted octanol–water partition coefficient (Wildman–Crippen LogP) is 1.15. The maximum Gasteiger partial charge on any atom is 0.0728 e. The Morgan fingerprint density at radius 3 is 2.58 bits per heavy atom. The maximum atomic E-state index is 10.2. The van der Waals surface area contributed by atoms with Crippen LogP contribution < -0.4 is 5.32 Å². The molecule has 0 spiro atoms. The molecule has 3 atom stereocenters. The first kappa shape index (κ1) is 8.52. The normalized spacial score (nSPS) is 51.0. The maximum absolute atomic E-state index is 10.2. The van der Waals surface area contributed by atoms with Gasteiger partial charge < -0.3 is 10.4 Å². The molecule has 3 unspecified atom stereocenters. The van der Waals surface area contributed by atoms with Gasteiger partial charge in [-0.25, -0.2) is 0 Å². The molecule has 1 saturated heterocycles. The lowest BCUT2D eigenvalue weighted by atomic mass is 9.47. The van der Waals surface area contributed by atoms with Gasteiger partial charge in [0.15, 0.2) is 0 Å². The average Bonchev–Trinajstić information content (AvgIpc) is 2.04. The number of hydrogen-bond acceptors (Lipinski definition) is 2. The highest BCUT2D eigenvalue weighted by atomic mass is 16.3. The second-order valence-corrected chi connectivity index (χ2v) is 5.05. The fraction of sp³-hybridized carbons (Fsp3) is 1.00. The highest BCUT2D eigenvalue weighted by Gasteiger charge is 2.63. The van der Waals surface area contributed by atoms with Gasteiger partial charge in [-0.05, 0) is 26.3 Å². The van der Waals surface area contributed by atoms with E-state index in [9.17, 15) is 5.11 Å². The highest BCUT2D eigenvalue weighted by Crippen LogP contribution is 2.56. The van der Waals surface area contributed by atoms with Crippen LogP contribution in [0.5, 0.6) is 0 Å². The van der Waals surface area contributed by atoms with Gasteiger partial charge in [-0.1, -0.05) is 13.8 Å². The van der Waals surface area contributed by atoms with Gasteiger partial charge >= 0.3 is 0 Å². The highest BCUT2D eigenvalue weighted by molar-refractivity contribution is 5.17. The van der Waals surface area contributed by atoms with Crippen LogP contribution in [0.4, 0.5) is 0 Å². The molecule has 1 aliphatic heterocycles. The van der Waals surface area contributed by atoms with Crippen molar-refractivity contribution >= 4 is 0 Å². The Bertz CT molecular complexity index is 176. The Balaban J connectivity index is 2.20. The van der Waals surface area contributed by atoms with E-state index in [1.807, 2.05) is 6.92 Å². The summed E-state index contributed by atoms with van der Waals surface area (Å²) in [6.07, 6.45) is 2.40. The van der Waals surface area contributed by atoms with Crippen LogP contribution in [0, 0.1) is 11.3 Å². The smallest absolute Gasteiger partial charge is 0.0728 e. The third-order valence-electron chi connectivity index (χ3n) is 4.26. The molecule has 2 rings (SSSR count). The van der Waals surface area contributed by atoms with E-state index in [0.29, 0.717) is 12.0 Å². The Hall–Kier alpha value is -0.0800. The first-order valence-corrected chi connectivity index (χ1v) is 4.93. The minimum atomic E-state index is -0.453. The van der Waals surface area contributed by atoms with Gasteiger partial charge in [-0.3, -0.25) is 0 Å². The first-order chi connectivity index (χ1) is 5.48. The molecule has 0 aromatic rings. The van der Waals surface area contributed by atoms with Crippen molar-refractivity contribution in [2.45, 2.75) is 45.3 Å². The minimum absolute atomic E-state index is 0.0537. The number of aliphatic hydroxyl groups is 1. The summed E-state index contributed by atoms with van der Waals surface area (Å²) in [4.78, 5) is 0. The minimum Gasteiger partial charge on any atom is -0.389 e. The third kappa shape index (κ3) is 0.775. The van der Waals surface area contributed by atoms with E-state index in [1.165, 1.54) is 12.8 Å². The lowest BCUT2D eigenvalue weighted by Crippen LogP contribution is -2.75. The number of piperidine rings is 1. The molecule has 2 fully saturated rings. The van der Waals surface area contributed by atoms with Crippen molar-refractivity contribution in [1.29, 1.82) is 0 Å². The summed E-state index contributed by atoms with van der Waals surface area (Å²) in [6.45, 7) is 7.43. The van der Waals surface area contributed by atoms with Crippen LogP contribution in [0.1, 0.15) is 33.6 Å². The molecule has 1 aliphatic carbocycles. The number of hydrogen-bond donors (Lipinski definition) is 2. The second kappa shape index (κ2) is 2.24. The van der Waals surface area contributed by atoms with Gasteiger partial charge in [0, 0.05) is 17.4 Å². The Morgan fingerprint density at radius 2 is 2.00 bits per heavy atom. The summed E-state index contributed by atoms with van der Waals surface area (Å²) >= 11 is 0. The van der Waals surface area contributed by atoms with E-state index in [-0.39, 0.29) is 5.41 Å². The van der Waals surface area contributed by atoms with Crippen molar-refractivity contribution in [3.05, 3.63) is 0 Å².